The van der Waals surface area contributed by atoms with Crippen LogP contribution in [0.5, 0.6) is 0 Å². The lowest BCUT2D eigenvalue weighted by Crippen LogP contribution is -2.76. The molecule has 18 heteroatoms. The van der Waals surface area contributed by atoms with Crippen molar-refractivity contribution in [3.63, 3.8) is 0 Å². The Morgan fingerprint density at radius 1 is 0.381 bits per heavy atom. The Hall–Kier alpha value is -1.26. The van der Waals surface area contributed by atoms with Gasteiger partial charge in [0, 0.05) is 0 Å². The first kappa shape index (κ1) is 50.4. The molecule has 42 heavy (non-hydrogen) atoms. The van der Waals surface area contributed by atoms with Crippen molar-refractivity contribution in [3.05, 3.63) is 0 Å². The molecule has 0 aromatic rings. The zero-order chi connectivity index (χ0) is 35.8. The average Bonchev–Trinajstić information content (AvgIpc) is 2.78. The second kappa shape index (κ2) is 19.2. The van der Waals surface area contributed by atoms with Gasteiger partial charge >= 0.3 is 42.2 Å². The molecule has 0 fully saturated rings. The van der Waals surface area contributed by atoms with Gasteiger partial charge in [-0.3, -0.25) is 0 Å². The monoisotopic (exact) mass is 670 g/mol. The molecule has 0 rings (SSSR count). The van der Waals surface area contributed by atoms with Crippen LogP contribution in [0, 0.1) is 5.92 Å². The van der Waals surface area contributed by atoms with E-state index in [0.29, 0.717) is 0 Å². The Labute approximate surface area is 234 Å². The highest BCUT2D eigenvalue weighted by Crippen LogP contribution is 2.66. The molecule has 0 nitrogen and oxygen atoms in total. The van der Waals surface area contributed by atoms with E-state index in [1.54, 1.807) is 0 Å². The van der Waals surface area contributed by atoms with Crippen molar-refractivity contribution >= 4 is 0 Å². The van der Waals surface area contributed by atoms with Crippen molar-refractivity contribution < 1.29 is 79.0 Å². The van der Waals surface area contributed by atoms with Crippen LogP contribution in [0.15, 0.2) is 0 Å². The van der Waals surface area contributed by atoms with Gasteiger partial charge in [0.1, 0.15) is 5.92 Å². The number of rotatable bonds is 6. The number of hydrogen-bond acceptors (Lipinski definition) is 0. The molecule has 262 valence electrons. The van der Waals surface area contributed by atoms with Crippen LogP contribution in [0.3, 0.4) is 0 Å². The maximum Gasteiger partial charge on any atom is 0.432 e. The molecule has 0 amide bonds. The van der Waals surface area contributed by atoms with Crippen molar-refractivity contribution in [2.24, 2.45) is 5.92 Å². The zero-order valence-corrected chi connectivity index (χ0v) is 24.6. The lowest BCUT2D eigenvalue weighted by Gasteiger charge is -2.48. The van der Waals surface area contributed by atoms with E-state index in [4.69, 9.17) is 0 Å². The molecule has 0 N–H and O–H groups in total. The third-order valence-corrected chi connectivity index (χ3v) is 4.75. The molecule has 0 saturated carbocycles. The van der Waals surface area contributed by atoms with Crippen molar-refractivity contribution in [2.45, 2.75) is 149 Å². The summed E-state index contributed by atoms with van der Waals surface area (Å²) in [5, 5.41) is 0. The summed E-state index contributed by atoms with van der Waals surface area (Å²) in [5.41, 5.74) is -23.5. The standard InChI is InChI=1S/C10H4F18.C5H12.C4H10.C3H8.C2H6/c1-3(11,6(14,15)16)2(4(12,7(17,18)19)8(20,21)22)5(13,9(23,24)25)10(26,27)28;1-3-5-4-2;1-3-4-2;1-3-2;1-2/h2H,1H3;3-5H2,1-2H3;3-4H2,1-2H3;3H2,1-2H3;1-2H3. The van der Waals surface area contributed by atoms with Crippen LogP contribution in [0.1, 0.15) is 101 Å². The number of alkyl halides is 18. The van der Waals surface area contributed by atoms with Crippen LogP contribution in [0.4, 0.5) is 79.0 Å². The highest BCUT2D eigenvalue weighted by atomic mass is 19.4. The average molecular weight is 671 g/mol. The Morgan fingerprint density at radius 3 is 0.643 bits per heavy atom. The summed E-state index contributed by atoms with van der Waals surface area (Å²) in [4.78, 5) is 0. The van der Waals surface area contributed by atoms with Gasteiger partial charge in [0.05, 0.1) is 0 Å². The summed E-state index contributed by atoms with van der Waals surface area (Å²) in [5.74, 6) is -7.10. The molecular weight excluding hydrogens is 630 g/mol. The fraction of sp³-hybridized carbons (Fsp3) is 1.00. The van der Waals surface area contributed by atoms with E-state index >= 15 is 0 Å². The summed E-state index contributed by atoms with van der Waals surface area (Å²) in [6.07, 6.45) is -31.9. The molecule has 0 aliphatic rings. The van der Waals surface area contributed by atoms with Gasteiger partial charge in [0.2, 0.25) is 5.67 Å². The molecule has 0 spiro atoms. The maximum atomic E-state index is 13.8. The van der Waals surface area contributed by atoms with E-state index in [-0.39, 0.29) is 0 Å². The topological polar surface area (TPSA) is 0 Å². The van der Waals surface area contributed by atoms with Crippen LogP contribution in [0.2, 0.25) is 0 Å². The van der Waals surface area contributed by atoms with Gasteiger partial charge in [-0.15, -0.1) is 0 Å². The van der Waals surface area contributed by atoms with Gasteiger partial charge in [-0.2, -0.15) is 65.9 Å². The molecular formula is C24H40F18. The molecule has 0 radical (unpaired) electrons. The Bertz CT molecular complexity index is 581. The van der Waals surface area contributed by atoms with Gasteiger partial charge in [-0.25, -0.2) is 13.2 Å². The minimum Gasteiger partial charge on any atom is -0.234 e. The number of hydrogen-bond donors (Lipinski definition) is 0. The normalized spacial score (nSPS) is 14.6. The molecule has 0 aromatic heterocycles. The molecule has 1 atom stereocenters. The lowest BCUT2D eigenvalue weighted by atomic mass is 9.66. The van der Waals surface area contributed by atoms with Crippen LogP contribution in [0.25, 0.3) is 0 Å². The van der Waals surface area contributed by atoms with Gasteiger partial charge in [0.15, 0.2) is 0 Å². The SMILES string of the molecule is CC.CC(F)(C(C(F)(C(F)(F)F)C(F)(F)F)C(F)(C(F)(F)F)C(F)(F)F)C(F)(F)F.CCC.CCCC.CCCCC. The molecule has 0 saturated heterocycles. The highest BCUT2D eigenvalue weighted by Gasteiger charge is 2.93. The van der Waals surface area contributed by atoms with E-state index in [9.17, 15) is 79.0 Å². The zero-order valence-electron chi connectivity index (χ0n) is 24.6. The van der Waals surface area contributed by atoms with E-state index in [1.807, 2.05) is 13.8 Å². The van der Waals surface area contributed by atoms with E-state index in [0.717, 1.165) is 0 Å². The van der Waals surface area contributed by atoms with Crippen LogP contribution >= 0.6 is 0 Å². The van der Waals surface area contributed by atoms with Crippen molar-refractivity contribution in [1.82, 2.24) is 0 Å². The second-order valence-corrected chi connectivity index (χ2v) is 8.48. The van der Waals surface area contributed by atoms with Crippen molar-refractivity contribution in [3.8, 4) is 0 Å². The maximum absolute atomic E-state index is 13.8. The van der Waals surface area contributed by atoms with Gasteiger partial charge in [0.25, 0.3) is 0 Å². The van der Waals surface area contributed by atoms with Crippen LogP contribution in [-0.4, -0.2) is 47.9 Å². The van der Waals surface area contributed by atoms with Gasteiger partial charge < -0.3 is 0 Å². The minimum atomic E-state index is -8.28. The molecule has 1 unspecified atom stereocenters. The third kappa shape index (κ3) is 13.2. The fourth-order valence-corrected chi connectivity index (χ4v) is 2.51. The predicted octanol–water partition coefficient (Wildman–Crippen LogP) is 13.0. The second-order valence-electron chi connectivity index (χ2n) is 8.48. The van der Waals surface area contributed by atoms with Gasteiger partial charge in [-0.1, -0.05) is 93.9 Å². The lowest BCUT2D eigenvalue weighted by molar-refractivity contribution is -0.443. The highest BCUT2D eigenvalue weighted by molar-refractivity contribution is 5.19. The van der Waals surface area contributed by atoms with Crippen molar-refractivity contribution in [1.29, 1.82) is 0 Å². The Balaban J connectivity index is -0.000000270. The van der Waals surface area contributed by atoms with E-state index in [2.05, 4.69) is 41.5 Å². The summed E-state index contributed by atoms with van der Waals surface area (Å²) in [7, 11) is 0. The first-order valence-electron chi connectivity index (χ1n) is 12.8. The summed E-state index contributed by atoms with van der Waals surface area (Å²) in [6, 6.07) is 0. The van der Waals surface area contributed by atoms with Gasteiger partial charge in [-0.05, 0) is 6.92 Å². The minimum absolute atomic E-state index is 1.25. The first-order valence-corrected chi connectivity index (χ1v) is 12.8. The third-order valence-electron chi connectivity index (χ3n) is 4.75. The van der Waals surface area contributed by atoms with Crippen molar-refractivity contribution in [2.75, 3.05) is 0 Å². The van der Waals surface area contributed by atoms with Crippen LogP contribution in [-0.2, 0) is 0 Å². The Morgan fingerprint density at radius 2 is 0.571 bits per heavy atom. The molecule has 0 aliphatic carbocycles. The smallest absolute Gasteiger partial charge is 0.234 e. The summed E-state index contributed by atoms with van der Waals surface area (Å²) < 4.78 is 230. The summed E-state index contributed by atoms with van der Waals surface area (Å²) >= 11 is 0. The largest absolute Gasteiger partial charge is 0.432 e. The Kier molecular flexibility index (Phi) is 23.0. The molecule has 0 aliphatic heterocycles. The number of unbranched alkanes of at least 4 members (excludes halogenated alkanes) is 3. The van der Waals surface area contributed by atoms with E-state index in [1.165, 1.54) is 38.5 Å². The van der Waals surface area contributed by atoms with Crippen LogP contribution < -0.4 is 0 Å². The quantitative estimate of drug-likeness (QED) is 0.247. The molecule has 0 aromatic carbocycles. The summed E-state index contributed by atoms with van der Waals surface area (Å²) in [6.45, 7) is 15.3. The molecule has 0 heterocycles. The fourth-order valence-electron chi connectivity index (χ4n) is 2.51. The molecule has 0 bridgehead atoms. The first-order chi connectivity index (χ1) is 18.4. The number of halogens is 18. The predicted molar refractivity (Wildman–Crippen MR) is 124 cm³/mol. The van der Waals surface area contributed by atoms with E-state index < -0.39 is 60.7 Å².